The molecule has 0 spiro atoms. The van der Waals surface area contributed by atoms with E-state index in [0.29, 0.717) is 12.0 Å². The highest BCUT2D eigenvalue weighted by Gasteiger charge is 2.25. The zero-order chi connectivity index (χ0) is 12.5. The Bertz CT molecular complexity index is 430. The fraction of sp³-hybridized carbons (Fsp3) is 0.667. The fourth-order valence-corrected chi connectivity index (χ4v) is 4.37. The molecule has 1 heterocycles. The summed E-state index contributed by atoms with van der Waals surface area (Å²) >= 11 is 1.71. The van der Waals surface area contributed by atoms with Gasteiger partial charge in [0.2, 0.25) is 0 Å². The summed E-state index contributed by atoms with van der Waals surface area (Å²) in [6, 6.07) is 2.51. The van der Waals surface area contributed by atoms with E-state index in [2.05, 4.69) is 18.3 Å². The second kappa shape index (κ2) is 5.04. The molecule has 98 valence electrons. The van der Waals surface area contributed by atoms with E-state index in [9.17, 15) is 4.79 Å². The lowest BCUT2D eigenvalue weighted by atomic mass is 9.86. The van der Waals surface area contributed by atoms with Gasteiger partial charge in [-0.05, 0) is 49.7 Å². The van der Waals surface area contributed by atoms with Crippen LogP contribution in [0.5, 0.6) is 0 Å². The van der Waals surface area contributed by atoms with Crippen molar-refractivity contribution in [1.29, 1.82) is 0 Å². The Morgan fingerprint density at radius 1 is 1.28 bits per heavy atom. The van der Waals surface area contributed by atoms with Crippen molar-refractivity contribution in [1.82, 2.24) is 5.32 Å². The number of rotatable bonds is 2. The van der Waals surface area contributed by atoms with Crippen LogP contribution >= 0.6 is 11.3 Å². The highest BCUT2D eigenvalue weighted by molar-refractivity contribution is 7.14. The smallest absolute Gasteiger partial charge is 0.261 e. The van der Waals surface area contributed by atoms with E-state index >= 15 is 0 Å². The van der Waals surface area contributed by atoms with Gasteiger partial charge in [-0.15, -0.1) is 11.3 Å². The number of fused-ring (bicyclic) bond motifs is 1. The zero-order valence-corrected chi connectivity index (χ0v) is 11.8. The van der Waals surface area contributed by atoms with Crippen LogP contribution in [-0.4, -0.2) is 11.9 Å². The Balaban J connectivity index is 1.66. The maximum Gasteiger partial charge on any atom is 0.261 e. The molecular formula is C15H21NOS. The first-order chi connectivity index (χ1) is 8.74. The standard InChI is InChI=1S/C15H21NOS/c1-10-5-2-3-7-12(10)16-15(17)14-9-11-6-4-8-13(11)18-14/h9-10,12H,2-8H2,1H3,(H,16,17)/t10-,12+/m1/s1. The number of carbonyl (C=O) groups is 1. The van der Waals surface area contributed by atoms with Gasteiger partial charge in [0.25, 0.3) is 5.91 Å². The van der Waals surface area contributed by atoms with Crippen molar-refractivity contribution in [3.8, 4) is 0 Å². The Kier molecular flexibility index (Phi) is 3.42. The number of thiophene rings is 1. The Labute approximate surface area is 113 Å². The molecule has 18 heavy (non-hydrogen) atoms. The van der Waals surface area contributed by atoms with Gasteiger partial charge in [0.15, 0.2) is 0 Å². The Hall–Kier alpha value is -0.830. The van der Waals surface area contributed by atoms with Gasteiger partial charge in [-0.2, -0.15) is 0 Å². The van der Waals surface area contributed by atoms with E-state index in [4.69, 9.17) is 0 Å². The first-order valence-electron chi connectivity index (χ1n) is 7.16. The Morgan fingerprint density at radius 2 is 2.11 bits per heavy atom. The van der Waals surface area contributed by atoms with E-state index in [1.54, 1.807) is 11.3 Å². The molecule has 3 rings (SSSR count). The number of carbonyl (C=O) groups excluding carboxylic acids is 1. The molecule has 3 heteroatoms. The molecule has 2 aliphatic rings. The lowest BCUT2D eigenvalue weighted by molar-refractivity contribution is 0.0914. The lowest BCUT2D eigenvalue weighted by Crippen LogP contribution is -2.40. The highest BCUT2D eigenvalue weighted by Crippen LogP contribution is 2.31. The molecule has 2 aliphatic carbocycles. The van der Waals surface area contributed by atoms with Crippen molar-refractivity contribution in [2.75, 3.05) is 0 Å². The van der Waals surface area contributed by atoms with Crippen LogP contribution in [0.2, 0.25) is 0 Å². The van der Waals surface area contributed by atoms with E-state index in [-0.39, 0.29) is 5.91 Å². The number of aryl methyl sites for hydroxylation is 2. The van der Waals surface area contributed by atoms with Crippen LogP contribution in [0.3, 0.4) is 0 Å². The van der Waals surface area contributed by atoms with Crippen LogP contribution in [0.4, 0.5) is 0 Å². The minimum Gasteiger partial charge on any atom is -0.348 e. The van der Waals surface area contributed by atoms with Crippen LogP contribution < -0.4 is 5.32 Å². The summed E-state index contributed by atoms with van der Waals surface area (Å²) in [5.74, 6) is 0.794. The highest BCUT2D eigenvalue weighted by atomic mass is 32.1. The van der Waals surface area contributed by atoms with Gasteiger partial charge in [0, 0.05) is 10.9 Å². The summed E-state index contributed by atoms with van der Waals surface area (Å²) in [6.45, 7) is 2.26. The molecular weight excluding hydrogens is 242 g/mol. The van der Waals surface area contributed by atoms with E-state index in [1.165, 1.54) is 49.0 Å². The second-order valence-electron chi connectivity index (χ2n) is 5.75. The van der Waals surface area contributed by atoms with Crippen LogP contribution in [-0.2, 0) is 12.8 Å². The minimum absolute atomic E-state index is 0.160. The molecule has 2 nitrogen and oxygen atoms in total. The van der Waals surface area contributed by atoms with Crippen molar-refractivity contribution in [2.24, 2.45) is 5.92 Å². The van der Waals surface area contributed by atoms with Gasteiger partial charge in [-0.25, -0.2) is 0 Å². The van der Waals surface area contributed by atoms with Crippen LogP contribution in [0, 0.1) is 5.92 Å². The molecule has 1 fully saturated rings. The van der Waals surface area contributed by atoms with Crippen molar-refractivity contribution < 1.29 is 4.79 Å². The molecule has 0 aliphatic heterocycles. The summed E-state index contributed by atoms with van der Waals surface area (Å²) in [5.41, 5.74) is 1.42. The van der Waals surface area contributed by atoms with Crippen molar-refractivity contribution in [2.45, 2.75) is 57.9 Å². The van der Waals surface area contributed by atoms with Crippen LogP contribution in [0.1, 0.15) is 59.1 Å². The first kappa shape index (κ1) is 12.2. The Morgan fingerprint density at radius 3 is 2.89 bits per heavy atom. The maximum absolute atomic E-state index is 12.3. The third-order valence-electron chi connectivity index (χ3n) is 4.40. The maximum atomic E-state index is 12.3. The van der Waals surface area contributed by atoms with Crippen LogP contribution in [0.25, 0.3) is 0 Å². The van der Waals surface area contributed by atoms with Gasteiger partial charge >= 0.3 is 0 Å². The van der Waals surface area contributed by atoms with Crippen LogP contribution in [0.15, 0.2) is 6.07 Å². The number of hydrogen-bond donors (Lipinski definition) is 1. The second-order valence-corrected chi connectivity index (χ2v) is 6.89. The third-order valence-corrected chi connectivity index (χ3v) is 5.63. The predicted octanol–water partition coefficient (Wildman–Crippen LogP) is 3.55. The van der Waals surface area contributed by atoms with Crippen molar-refractivity contribution in [3.05, 3.63) is 21.4 Å². The van der Waals surface area contributed by atoms with Crippen molar-refractivity contribution in [3.63, 3.8) is 0 Å². The summed E-state index contributed by atoms with van der Waals surface area (Å²) in [5, 5.41) is 3.25. The molecule has 1 aromatic rings. The number of amides is 1. The molecule has 1 amide bonds. The summed E-state index contributed by atoms with van der Waals surface area (Å²) < 4.78 is 0. The lowest BCUT2D eigenvalue weighted by Gasteiger charge is -2.29. The van der Waals surface area contributed by atoms with Gasteiger partial charge in [0.05, 0.1) is 4.88 Å². The minimum atomic E-state index is 0.160. The van der Waals surface area contributed by atoms with Gasteiger partial charge in [0.1, 0.15) is 0 Å². The largest absolute Gasteiger partial charge is 0.348 e. The van der Waals surface area contributed by atoms with Gasteiger partial charge < -0.3 is 5.32 Å². The number of hydrogen-bond acceptors (Lipinski definition) is 2. The normalized spacial score (nSPS) is 26.9. The third kappa shape index (κ3) is 2.33. The van der Waals surface area contributed by atoms with E-state index < -0.39 is 0 Å². The molecule has 0 bridgehead atoms. The first-order valence-corrected chi connectivity index (χ1v) is 7.98. The van der Waals surface area contributed by atoms with Gasteiger partial charge in [-0.1, -0.05) is 19.8 Å². The molecule has 2 atom stereocenters. The fourth-order valence-electron chi connectivity index (χ4n) is 3.21. The molecule has 0 aromatic carbocycles. The average molecular weight is 263 g/mol. The molecule has 1 aromatic heterocycles. The quantitative estimate of drug-likeness (QED) is 0.868. The molecule has 0 unspecified atom stereocenters. The summed E-state index contributed by atoms with van der Waals surface area (Å²) in [7, 11) is 0. The van der Waals surface area contributed by atoms with E-state index in [0.717, 1.165) is 11.3 Å². The SMILES string of the molecule is C[C@@H]1CCCC[C@@H]1NC(=O)c1cc2c(s1)CCC2. The molecule has 1 saturated carbocycles. The monoisotopic (exact) mass is 263 g/mol. The van der Waals surface area contributed by atoms with Gasteiger partial charge in [-0.3, -0.25) is 4.79 Å². The molecule has 1 N–H and O–H groups in total. The number of nitrogens with one attached hydrogen (secondary N) is 1. The summed E-state index contributed by atoms with van der Waals surface area (Å²) in [4.78, 5) is 14.6. The average Bonchev–Trinajstić information content (AvgIpc) is 2.92. The molecule has 0 radical (unpaired) electrons. The molecule has 0 saturated heterocycles. The predicted molar refractivity (Wildman–Crippen MR) is 75.2 cm³/mol. The topological polar surface area (TPSA) is 29.1 Å². The summed E-state index contributed by atoms with van der Waals surface area (Å²) in [6.07, 6.45) is 8.59. The zero-order valence-electron chi connectivity index (χ0n) is 11.0. The van der Waals surface area contributed by atoms with Crippen molar-refractivity contribution >= 4 is 17.2 Å². The van der Waals surface area contributed by atoms with E-state index in [1.807, 2.05) is 0 Å².